The van der Waals surface area contributed by atoms with Crippen molar-refractivity contribution in [1.29, 1.82) is 0 Å². The Morgan fingerprint density at radius 1 is 1.59 bits per heavy atom. The molecule has 0 saturated heterocycles. The molecule has 0 saturated carbocycles. The number of nitrogens with one attached hydrogen (secondary N) is 1. The predicted octanol–water partition coefficient (Wildman–Crippen LogP) is 1.61. The molecule has 17 heavy (non-hydrogen) atoms. The van der Waals surface area contributed by atoms with Gasteiger partial charge in [-0.3, -0.25) is 0 Å². The van der Waals surface area contributed by atoms with Gasteiger partial charge in [0, 0.05) is 0 Å². The summed E-state index contributed by atoms with van der Waals surface area (Å²) in [6.07, 6.45) is 5.69. The summed E-state index contributed by atoms with van der Waals surface area (Å²) in [5.41, 5.74) is 5.71. The highest BCUT2D eigenvalue weighted by molar-refractivity contribution is 7.89. The van der Waals surface area contributed by atoms with Crippen molar-refractivity contribution in [1.82, 2.24) is 4.72 Å². The molecule has 1 atom stereocenters. The largest absolute Gasteiger partial charge is 0.398 e. The van der Waals surface area contributed by atoms with Gasteiger partial charge in [0.2, 0.25) is 10.0 Å². The zero-order chi connectivity index (χ0) is 13.1. The van der Waals surface area contributed by atoms with Gasteiger partial charge < -0.3 is 5.73 Å². The van der Waals surface area contributed by atoms with E-state index >= 15 is 0 Å². The Morgan fingerprint density at radius 3 is 2.71 bits per heavy atom. The molecule has 1 aromatic carbocycles. The van der Waals surface area contributed by atoms with Crippen molar-refractivity contribution in [3.05, 3.63) is 23.2 Å². The number of nitrogens with two attached hydrogens (primary N) is 1. The van der Waals surface area contributed by atoms with E-state index in [0.29, 0.717) is 6.42 Å². The van der Waals surface area contributed by atoms with Gasteiger partial charge in [-0.15, -0.1) is 6.42 Å². The SMILES string of the molecule is C#CC(CC)NS(=O)(=O)c1c(N)cccc1Cl. The normalized spacial score (nSPS) is 13.0. The minimum Gasteiger partial charge on any atom is -0.398 e. The molecule has 0 aliphatic rings. The first-order valence-corrected chi connectivity index (χ1v) is 6.81. The smallest absolute Gasteiger partial charge is 0.245 e. The molecule has 1 unspecified atom stereocenters. The third-order valence-electron chi connectivity index (χ3n) is 2.17. The Kier molecular flexibility index (Phi) is 4.40. The number of halogens is 1. The van der Waals surface area contributed by atoms with Gasteiger partial charge in [0.15, 0.2) is 0 Å². The third kappa shape index (κ3) is 3.13. The van der Waals surface area contributed by atoms with E-state index in [1.807, 2.05) is 0 Å². The summed E-state index contributed by atoms with van der Waals surface area (Å²) in [6, 6.07) is 3.94. The molecule has 3 N–H and O–H groups in total. The van der Waals surface area contributed by atoms with Crippen LogP contribution in [0, 0.1) is 12.3 Å². The molecular weight excluding hydrogens is 260 g/mol. The highest BCUT2D eigenvalue weighted by Crippen LogP contribution is 2.27. The lowest BCUT2D eigenvalue weighted by atomic mass is 10.3. The van der Waals surface area contributed by atoms with Gasteiger partial charge >= 0.3 is 0 Å². The lowest BCUT2D eigenvalue weighted by molar-refractivity contribution is 0.571. The topological polar surface area (TPSA) is 72.2 Å². The van der Waals surface area contributed by atoms with Gasteiger partial charge in [-0.2, -0.15) is 4.72 Å². The van der Waals surface area contributed by atoms with E-state index in [9.17, 15) is 8.42 Å². The number of sulfonamides is 1. The van der Waals surface area contributed by atoms with Crippen LogP contribution in [0.1, 0.15) is 13.3 Å². The maximum atomic E-state index is 12.0. The van der Waals surface area contributed by atoms with E-state index in [2.05, 4.69) is 10.6 Å². The first kappa shape index (κ1) is 13.8. The van der Waals surface area contributed by atoms with Crippen LogP contribution in [0.2, 0.25) is 5.02 Å². The Balaban J connectivity index is 3.19. The van der Waals surface area contributed by atoms with Crippen molar-refractivity contribution >= 4 is 27.3 Å². The Hall–Kier alpha value is -1.22. The molecule has 0 amide bonds. The summed E-state index contributed by atoms with van der Waals surface area (Å²) in [7, 11) is -3.79. The molecule has 0 fully saturated rings. The van der Waals surface area contributed by atoms with Crippen LogP contribution in [0.3, 0.4) is 0 Å². The molecule has 0 heterocycles. The standard InChI is InChI=1S/C11H13ClN2O2S/c1-3-8(4-2)14-17(15,16)11-9(12)6-5-7-10(11)13/h1,5-8,14H,4,13H2,2H3. The van der Waals surface area contributed by atoms with Crippen LogP contribution in [0.15, 0.2) is 23.1 Å². The Labute approximate surface area is 106 Å². The number of benzene rings is 1. The molecule has 0 spiro atoms. The van der Waals surface area contributed by atoms with Crippen LogP contribution >= 0.6 is 11.6 Å². The van der Waals surface area contributed by atoms with Crippen molar-refractivity contribution in [2.45, 2.75) is 24.3 Å². The molecular formula is C11H13ClN2O2S. The van der Waals surface area contributed by atoms with E-state index in [1.54, 1.807) is 13.0 Å². The average molecular weight is 273 g/mol. The maximum Gasteiger partial charge on any atom is 0.245 e. The first-order valence-electron chi connectivity index (χ1n) is 4.94. The van der Waals surface area contributed by atoms with Gasteiger partial charge in [-0.25, -0.2) is 8.42 Å². The van der Waals surface area contributed by atoms with Gasteiger partial charge in [0.1, 0.15) is 4.90 Å². The summed E-state index contributed by atoms with van der Waals surface area (Å²) in [4.78, 5) is -0.129. The highest BCUT2D eigenvalue weighted by atomic mass is 35.5. The lowest BCUT2D eigenvalue weighted by Gasteiger charge is -2.13. The van der Waals surface area contributed by atoms with E-state index in [-0.39, 0.29) is 15.6 Å². The van der Waals surface area contributed by atoms with Gasteiger partial charge in [-0.05, 0) is 18.6 Å². The number of nitrogen functional groups attached to an aromatic ring is 1. The zero-order valence-corrected chi connectivity index (χ0v) is 10.8. The molecule has 0 aliphatic carbocycles. The highest BCUT2D eigenvalue weighted by Gasteiger charge is 2.23. The predicted molar refractivity (Wildman–Crippen MR) is 69.1 cm³/mol. The molecule has 1 aromatic rings. The number of hydrogen-bond donors (Lipinski definition) is 2. The van der Waals surface area contributed by atoms with Crippen LogP contribution in [-0.2, 0) is 10.0 Å². The van der Waals surface area contributed by atoms with Crippen molar-refractivity contribution in [3.63, 3.8) is 0 Å². The number of rotatable bonds is 4. The van der Waals surface area contributed by atoms with Gasteiger partial charge in [0.05, 0.1) is 16.8 Å². The van der Waals surface area contributed by atoms with E-state index < -0.39 is 16.1 Å². The fourth-order valence-electron chi connectivity index (χ4n) is 1.29. The van der Waals surface area contributed by atoms with Crippen LogP contribution < -0.4 is 10.5 Å². The molecule has 0 aliphatic heterocycles. The summed E-state index contributed by atoms with van der Waals surface area (Å²) >= 11 is 5.83. The molecule has 0 aromatic heterocycles. The Morgan fingerprint density at radius 2 is 2.24 bits per heavy atom. The molecule has 92 valence electrons. The van der Waals surface area contributed by atoms with Gasteiger partial charge in [-0.1, -0.05) is 30.5 Å². The first-order chi connectivity index (χ1) is 7.92. The van der Waals surface area contributed by atoms with Crippen LogP contribution in [0.4, 0.5) is 5.69 Å². The van der Waals surface area contributed by atoms with Crippen LogP contribution in [-0.4, -0.2) is 14.5 Å². The van der Waals surface area contributed by atoms with Crippen LogP contribution in [0.5, 0.6) is 0 Å². The van der Waals surface area contributed by atoms with E-state index in [0.717, 1.165) is 0 Å². The summed E-state index contributed by atoms with van der Waals surface area (Å²) in [5.74, 6) is 2.34. The molecule has 6 heteroatoms. The molecule has 1 rings (SSSR count). The van der Waals surface area contributed by atoms with Crippen LogP contribution in [0.25, 0.3) is 0 Å². The minimum absolute atomic E-state index is 0.0735. The van der Waals surface area contributed by atoms with Crippen molar-refractivity contribution in [2.24, 2.45) is 0 Å². The summed E-state index contributed by atoms with van der Waals surface area (Å²) in [6.45, 7) is 1.78. The Bertz CT molecular complexity index is 529. The zero-order valence-electron chi connectivity index (χ0n) is 9.27. The van der Waals surface area contributed by atoms with E-state index in [1.165, 1.54) is 12.1 Å². The molecule has 4 nitrogen and oxygen atoms in total. The van der Waals surface area contributed by atoms with Crippen molar-refractivity contribution in [3.8, 4) is 12.3 Å². The average Bonchev–Trinajstić information content (AvgIpc) is 2.25. The fraction of sp³-hybridized carbons (Fsp3) is 0.273. The number of anilines is 1. The quantitative estimate of drug-likeness (QED) is 0.646. The lowest BCUT2D eigenvalue weighted by Crippen LogP contribution is -2.33. The second kappa shape index (κ2) is 5.41. The summed E-state index contributed by atoms with van der Waals surface area (Å²) in [5, 5.41) is 0.0735. The van der Waals surface area contributed by atoms with Gasteiger partial charge in [0.25, 0.3) is 0 Å². The summed E-state index contributed by atoms with van der Waals surface area (Å²) < 4.78 is 26.4. The molecule has 0 radical (unpaired) electrons. The monoisotopic (exact) mass is 272 g/mol. The van der Waals surface area contributed by atoms with Crippen molar-refractivity contribution in [2.75, 3.05) is 5.73 Å². The van der Waals surface area contributed by atoms with E-state index in [4.69, 9.17) is 23.8 Å². The second-order valence-corrected chi connectivity index (χ2v) is 5.46. The molecule has 0 bridgehead atoms. The second-order valence-electron chi connectivity index (χ2n) is 3.41. The maximum absolute atomic E-state index is 12.0. The minimum atomic E-state index is -3.79. The third-order valence-corrected chi connectivity index (χ3v) is 4.19. The fourth-order valence-corrected chi connectivity index (χ4v) is 3.21. The number of terminal acetylenes is 1. The van der Waals surface area contributed by atoms with Crippen molar-refractivity contribution < 1.29 is 8.42 Å². The number of hydrogen-bond acceptors (Lipinski definition) is 3.